The molecule has 0 aromatic heterocycles. The van der Waals surface area contributed by atoms with E-state index in [1.54, 1.807) is 0 Å². The maximum atomic E-state index is 10.7. The van der Waals surface area contributed by atoms with Gasteiger partial charge in [0.05, 0.1) is 7.11 Å². The Labute approximate surface area is 71.4 Å². The molecule has 0 saturated heterocycles. The van der Waals surface area contributed by atoms with Crippen molar-refractivity contribution < 1.29 is 9.53 Å². The maximum absolute atomic E-state index is 10.7. The highest BCUT2D eigenvalue weighted by atomic mass is 16.5. The van der Waals surface area contributed by atoms with Crippen molar-refractivity contribution in [1.82, 2.24) is 5.32 Å². The standard InChI is InChI=1S/C9H11NO2/c1-12-9(11)10-7-8-5-3-2-4-6-8/h2-6H,7H2,1H3,(H,10,11). The Morgan fingerprint density at radius 2 is 2.08 bits per heavy atom. The van der Waals surface area contributed by atoms with Crippen LogP contribution in [0.5, 0.6) is 0 Å². The van der Waals surface area contributed by atoms with Crippen LogP contribution in [0.2, 0.25) is 0 Å². The summed E-state index contributed by atoms with van der Waals surface area (Å²) in [6, 6.07) is 9.66. The zero-order valence-electron chi connectivity index (χ0n) is 6.91. The lowest BCUT2D eigenvalue weighted by atomic mass is 10.2. The number of nitrogens with one attached hydrogen (secondary N) is 1. The fraction of sp³-hybridized carbons (Fsp3) is 0.222. The molecule has 1 aromatic rings. The normalized spacial score (nSPS) is 9.08. The maximum Gasteiger partial charge on any atom is 0.407 e. The van der Waals surface area contributed by atoms with Crippen molar-refractivity contribution in [2.24, 2.45) is 0 Å². The Morgan fingerprint density at radius 3 is 2.67 bits per heavy atom. The van der Waals surface area contributed by atoms with E-state index >= 15 is 0 Å². The van der Waals surface area contributed by atoms with Crippen LogP contribution < -0.4 is 5.32 Å². The number of hydrogen-bond donors (Lipinski definition) is 1. The Kier molecular flexibility index (Phi) is 3.14. The fourth-order valence-electron chi connectivity index (χ4n) is 0.842. The van der Waals surface area contributed by atoms with Crippen molar-refractivity contribution in [1.29, 1.82) is 0 Å². The van der Waals surface area contributed by atoms with E-state index in [0.717, 1.165) is 5.56 Å². The van der Waals surface area contributed by atoms with Crippen LogP contribution in [0.1, 0.15) is 5.56 Å². The van der Waals surface area contributed by atoms with E-state index in [1.165, 1.54) is 7.11 Å². The number of amides is 1. The number of rotatable bonds is 2. The summed E-state index contributed by atoms with van der Waals surface area (Å²) < 4.78 is 4.42. The smallest absolute Gasteiger partial charge is 0.407 e. The number of carbonyl (C=O) groups excluding carboxylic acids is 1. The Hall–Kier alpha value is -1.51. The third kappa shape index (κ3) is 2.62. The summed E-state index contributed by atoms with van der Waals surface area (Å²) in [5.74, 6) is 0. The summed E-state index contributed by atoms with van der Waals surface area (Å²) >= 11 is 0. The highest BCUT2D eigenvalue weighted by Gasteiger charge is 1.96. The van der Waals surface area contributed by atoms with Crippen LogP contribution >= 0.6 is 0 Å². The van der Waals surface area contributed by atoms with Gasteiger partial charge >= 0.3 is 6.09 Å². The van der Waals surface area contributed by atoms with E-state index < -0.39 is 6.09 Å². The predicted molar refractivity (Wildman–Crippen MR) is 45.7 cm³/mol. The van der Waals surface area contributed by atoms with E-state index in [1.807, 2.05) is 30.3 Å². The van der Waals surface area contributed by atoms with Crippen LogP contribution in [0, 0.1) is 0 Å². The van der Waals surface area contributed by atoms with Crippen LogP contribution in [0.3, 0.4) is 0 Å². The van der Waals surface area contributed by atoms with Crippen LogP contribution in [-0.4, -0.2) is 13.2 Å². The molecule has 12 heavy (non-hydrogen) atoms. The summed E-state index contributed by atoms with van der Waals surface area (Å²) in [5.41, 5.74) is 1.06. The summed E-state index contributed by atoms with van der Waals surface area (Å²) in [7, 11) is 1.35. The molecule has 0 unspecified atom stereocenters. The molecule has 0 aliphatic heterocycles. The third-order valence-corrected chi connectivity index (χ3v) is 1.47. The van der Waals surface area contributed by atoms with E-state index in [2.05, 4.69) is 10.1 Å². The third-order valence-electron chi connectivity index (χ3n) is 1.47. The van der Waals surface area contributed by atoms with E-state index in [9.17, 15) is 4.79 Å². The van der Waals surface area contributed by atoms with Crippen LogP contribution in [0.25, 0.3) is 0 Å². The van der Waals surface area contributed by atoms with E-state index in [-0.39, 0.29) is 0 Å². The van der Waals surface area contributed by atoms with Gasteiger partial charge in [-0.15, -0.1) is 0 Å². The van der Waals surface area contributed by atoms with Gasteiger partial charge in [-0.1, -0.05) is 30.3 Å². The average Bonchev–Trinajstić information content (AvgIpc) is 2.16. The van der Waals surface area contributed by atoms with Crippen LogP contribution in [0.15, 0.2) is 30.3 Å². The highest BCUT2D eigenvalue weighted by Crippen LogP contribution is 1.96. The molecule has 0 radical (unpaired) electrons. The largest absolute Gasteiger partial charge is 0.453 e. The second-order valence-corrected chi connectivity index (χ2v) is 2.33. The molecule has 1 amide bonds. The van der Waals surface area contributed by atoms with Gasteiger partial charge in [-0.05, 0) is 5.56 Å². The first-order valence-electron chi connectivity index (χ1n) is 3.68. The number of ether oxygens (including phenoxy) is 1. The van der Waals surface area contributed by atoms with Crippen molar-refractivity contribution >= 4 is 6.09 Å². The Balaban J connectivity index is 2.38. The molecule has 3 nitrogen and oxygen atoms in total. The van der Waals surface area contributed by atoms with Gasteiger partial charge in [0.25, 0.3) is 0 Å². The number of alkyl carbamates (subject to hydrolysis) is 1. The number of hydrogen-bond acceptors (Lipinski definition) is 2. The SMILES string of the molecule is COC(=O)NCc1ccccc1. The first kappa shape index (κ1) is 8.59. The molecule has 0 saturated carbocycles. The molecule has 0 aliphatic carbocycles. The molecule has 0 heterocycles. The molecule has 1 rings (SSSR count). The van der Waals surface area contributed by atoms with Crippen molar-refractivity contribution in [3.63, 3.8) is 0 Å². The van der Waals surface area contributed by atoms with E-state index in [4.69, 9.17) is 0 Å². The molecule has 3 heteroatoms. The molecule has 1 N–H and O–H groups in total. The number of benzene rings is 1. The molecule has 0 bridgehead atoms. The van der Waals surface area contributed by atoms with Crippen LogP contribution in [0.4, 0.5) is 4.79 Å². The lowest BCUT2D eigenvalue weighted by molar-refractivity contribution is 0.170. The van der Waals surface area contributed by atoms with Gasteiger partial charge in [0.2, 0.25) is 0 Å². The second-order valence-electron chi connectivity index (χ2n) is 2.33. The van der Waals surface area contributed by atoms with Crippen molar-refractivity contribution in [3.05, 3.63) is 35.9 Å². The molecule has 0 fully saturated rings. The second kappa shape index (κ2) is 4.38. The Bertz CT molecular complexity index is 246. The van der Waals surface area contributed by atoms with Gasteiger partial charge in [0.15, 0.2) is 0 Å². The quantitative estimate of drug-likeness (QED) is 0.721. The molecular weight excluding hydrogens is 154 g/mol. The minimum atomic E-state index is -0.404. The van der Waals surface area contributed by atoms with E-state index in [0.29, 0.717) is 6.54 Å². The van der Waals surface area contributed by atoms with Gasteiger partial charge in [-0.3, -0.25) is 0 Å². The van der Waals surface area contributed by atoms with Crippen LogP contribution in [-0.2, 0) is 11.3 Å². The number of carbonyl (C=O) groups is 1. The van der Waals surface area contributed by atoms with Crippen molar-refractivity contribution in [3.8, 4) is 0 Å². The van der Waals surface area contributed by atoms with Gasteiger partial charge < -0.3 is 10.1 Å². The molecule has 0 aliphatic rings. The van der Waals surface area contributed by atoms with Gasteiger partial charge in [-0.2, -0.15) is 0 Å². The topological polar surface area (TPSA) is 38.3 Å². The monoisotopic (exact) mass is 165 g/mol. The average molecular weight is 165 g/mol. The lowest BCUT2D eigenvalue weighted by Gasteiger charge is -2.02. The zero-order valence-corrected chi connectivity index (χ0v) is 6.91. The zero-order chi connectivity index (χ0) is 8.81. The molecular formula is C9H11NO2. The van der Waals surface area contributed by atoms with Crippen molar-refractivity contribution in [2.45, 2.75) is 6.54 Å². The van der Waals surface area contributed by atoms with Gasteiger partial charge in [0.1, 0.15) is 0 Å². The molecule has 0 atom stereocenters. The fourth-order valence-corrected chi connectivity index (χ4v) is 0.842. The summed E-state index contributed by atoms with van der Waals surface area (Å²) in [4.78, 5) is 10.7. The van der Waals surface area contributed by atoms with Crippen molar-refractivity contribution in [2.75, 3.05) is 7.11 Å². The molecule has 0 spiro atoms. The van der Waals surface area contributed by atoms with Gasteiger partial charge in [-0.25, -0.2) is 4.79 Å². The first-order valence-corrected chi connectivity index (χ1v) is 3.68. The summed E-state index contributed by atoms with van der Waals surface area (Å²) in [6.45, 7) is 0.507. The molecule has 1 aromatic carbocycles. The Morgan fingerprint density at radius 1 is 1.42 bits per heavy atom. The van der Waals surface area contributed by atoms with Gasteiger partial charge in [0, 0.05) is 6.54 Å². The highest BCUT2D eigenvalue weighted by molar-refractivity contribution is 5.66. The predicted octanol–water partition coefficient (Wildman–Crippen LogP) is 1.54. The lowest BCUT2D eigenvalue weighted by Crippen LogP contribution is -2.22. The molecule has 64 valence electrons. The summed E-state index contributed by atoms with van der Waals surface area (Å²) in [5, 5.41) is 2.59. The summed E-state index contributed by atoms with van der Waals surface area (Å²) in [6.07, 6.45) is -0.404. The minimum Gasteiger partial charge on any atom is -0.453 e. The minimum absolute atomic E-state index is 0.404. The number of methoxy groups -OCH3 is 1. The first-order chi connectivity index (χ1) is 5.83.